The lowest BCUT2D eigenvalue weighted by molar-refractivity contribution is 0.339. The van der Waals surface area contributed by atoms with Gasteiger partial charge in [-0.3, -0.25) is 0 Å². The molecule has 0 aliphatic carbocycles. The van der Waals surface area contributed by atoms with Crippen LogP contribution in [0.1, 0.15) is 12.6 Å². The van der Waals surface area contributed by atoms with Gasteiger partial charge in [0, 0.05) is 6.07 Å². The fourth-order valence-electron chi connectivity index (χ4n) is 1.48. The molecule has 94 valence electrons. The van der Waals surface area contributed by atoms with Gasteiger partial charge in [0.2, 0.25) is 5.88 Å². The summed E-state index contributed by atoms with van der Waals surface area (Å²) in [5.41, 5.74) is 0.792. The van der Waals surface area contributed by atoms with E-state index >= 15 is 0 Å². The molecule has 4 heteroatoms. The van der Waals surface area contributed by atoms with Crippen LogP contribution in [0.3, 0.4) is 0 Å². The van der Waals surface area contributed by atoms with Crippen molar-refractivity contribution in [3.63, 3.8) is 0 Å². The number of hydrogen-bond acceptors (Lipinski definition) is 3. The van der Waals surface area contributed by atoms with Gasteiger partial charge in [-0.15, -0.1) is 11.6 Å². The van der Waals surface area contributed by atoms with Gasteiger partial charge in [-0.2, -0.15) is 0 Å². The number of ether oxygens (including phenoxy) is 2. The Balaban J connectivity index is 2.08. The number of hydrogen-bond donors (Lipinski definition) is 0. The fraction of sp³-hybridized carbons (Fsp3) is 0.214. The third kappa shape index (κ3) is 3.37. The molecule has 18 heavy (non-hydrogen) atoms. The Hall–Kier alpha value is -1.74. The molecule has 1 aromatic heterocycles. The molecule has 0 unspecified atom stereocenters. The first-order valence-corrected chi connectivity index (χ1v) is 6.28. The van der Waals surface area contributed by atoms with Crippen LogP contribution < -0.4 is 9.47 Å². The van der Waals surface area contributed by atoms with Gasteiger partial charge in [-0.1, -0.05) is 6.07 Å². The highest BCUT2D eigenvalue weighted by molar-refractivity contribution is 6.16. The van der Waals surface area contributed by atoms with Gasteiger partial charge in [0.25, 0.3) is 0 Å². The second-order valence-electron chi connectivity index (χ2n) is 3.61. The van der Waals surface area contributed by atoms with E-state index in [1.54, 1.807) is 6.07 Å². The van der Waals surface area contributed by atoms with Gasteiger partial charge in [0.1, 0.15) is 11.5 Å². The normalized spacial score (nSPS) is 10.1. The predicted octanol–water partition coefficient (Wildman–Crippen LogP) is 4.01. The average molecular weight is 264 g/mol. The van der Waals surface area contributed by atoms with E-state index in [4.69, 9.17) is 21.1 Å². The highest BCUT2D eigenvalue weighted by Crippen LogP contribution is 2.22. The quantitative estimate of drug-likeness (QED) is 0.764. The molecule has 0 saturated carbocycles. The second-order valence-corrected chi connectivity index (χ2v) is 3.87. The molecule has 0 atom stereocenters. The molecular weight excluding hydrogens is 250 g/mol. The number of benzene rings is 1. The molecule has 0 radical (unpaired) electrons. The van der Waals surface area contributed by atoms with E-state index < -0.39 is 0 Å². The SMILES string of the molecule is CCOc1ccc(Oc2cccc(CCl)n2)cc1. The van der Waals surface area contributed by atoms with Gasteiger partial charge in [-0.05, 0) is 37.3 Å². The maximum absolute atomic E-state index is 5.72. The third-order valence-electron chi connectivity index (χ3n) is 2.28. The van der Waals surface area contributed by atoms with Crippen LogP contribution in [0.25, 0.3) is 0 Å². The van der Waals surface area contributed by atoms with Gasteiger partial charge in [-0.25, -0.2) is 4.98 Å². The van der Waals surface area contributed by atoms with Gasteiger partial charge in [0.15, 0.2) is 0 Å². The van der Waals surface area contributed by atoms with Crippen LogP contribution in [0.5, 0.6) is 17.4 Å². The van der Waals surface area contributed by atoms with E-state index in [-0.39, 0.29) is 0 Å². The molecule has 2 rings (SSSR count). The Morgan fingerprint density at radius 3 is 2.44 bits per heavy atom. The van der Waals surface area contributed by atoms with E-state index in [9.17, 15) is 0 Å². The zero-order chi connectivity index (χ0) is 12.8. The minimum atomic E-state index is 0.375. The average Bonchev–Trinajstić information content (AvgIpc) is 2.42. The molecule has 0 aliphatic heterocycles. The number of halogens is 1. The predicted molar refractivity (Wildman–Crippen MR) is 71.5 cm³/mol. The Morgan fingerprint density at radius 1 is 1.06 bits per heavy atom. The smallest absolute Gasteiger partial charge is 0.219 e. The maximum Gasteiger partial charge on any atom is 0.219 e. The Labute approximate surface area is 111 Å². The highest BCUT2D eigenvalue weighted by Gasteiger charge is 2.00. The summed E-state index contributed by atoms with van der Waals surface area (Å²) in [5, 5.41) is 0. The summed E-state index contributed by atoms with van der Waals surface area (Å²) in [7, 11) is 0. The Bertz CT molecular complexity index is 499. The molecular formula is C14H14ClNO2. The topological polar surface area (TPSA) is 31.4 Å². The van der Waals surface area contributed by atoms with Crippen molar-refractivity contribution in [2.24, 2.45) is 0 Å². The first-order valence-electron chi connectivity index (χ1n) is 5.74. The summed E-state index contributed by atoms with van der Waals surface area (Å²) in [6.45, 7) is 2.60. The van der Waals surface area contributed by atoms with Crippen LogP contribution in [-0.4, -0.2) is 11.6 Å². The highest BCUT2D eigenvalue weighted by atomic mass is 35.5. The minimum absolute atomic E-state index is 0.375. The zero-order valence-corrected chi connectivity index (χ0v) is 10.9. The number of aromatic nitrogens is 1. The second kappa shape index (κ2) is 6.26. The van der Waals surface area contributed by atoms with Crippen molar-refractivity contribution >= 4 is 11.6 Å². The number of alkyl halides is 1. The van der Waals surface area contributed by atoms with Crippen molar-refractivity contribution < 1.29 is 9.47 Å². The largest absolute Gasteiger partial charge is 0.494 e. The first kappa shape index (κ1) is 12.7. The zero-order valence-electron chi connectivity index (χ0n) is 10.1. The summed E-state index contributed by atoms with van der Waals surface area (Å²) < 4.78 is 11.0. The molecule has 1 heterocycles. The molecule has 0 bridgehead atoms. The Morgan fingerprint density at radius 2 is 1.78 bits per heavy atom. The minimum Gasteiger partial charge on any atom is -0.494 e. The van der Waals surface area contributed by atoms with Crippen molar-refractivity contribution in [2.45, 2.75) is 12.8 Å². The van der Waals surface area contributed by atoms with Gasteiger partial charge >= 0.3 is 0 Å². The van der Waals surface area contributed by atoms with E-state index in [1.807, 2.05) is 43.3 Å². The van der Waals surface area contributed by atoms with Crippen LogP contribution in [0, 0.1) is 0 Å². The van der Waals surface area contributed by atoms with Crippen LogP contribution >= 0.6 is 11.6 Å². The lowest BCUT2D eigenvalue weighted by Crippen LogP contribution is -1.92. The summed E-state index contributed by atoms with van der Waals surface area (Å²) in [6, 6.07) is 13.0. The standard InChI is InChI=1S/C14H14ClNO2/c1-2-17-12-6-8-13(9-7-12)18-14-5-3-4-11(10-15)16-14/h3-9H,2,10H2,1H3. The molecule has 0 aliphatic rings. The van der Waals surface area contributed by atoms with E-state index in [0.717, 1.165) is 17.2 Å². The molecule has 1 aromatic carbocycles. The fourth-order valence-corrected chi connectivity index (χ4v) is 1.63. The molecule has 0 N–H and O–H groups in total. The lowest BCUT2D eigenvalue weighted by Gasteiger charge is -2.07. The van der Waals surface area contributed by atoms with Crippen molar-refractivity contribution in [2.75, 3.05) is 6.61 Å². The molecule has 3 nitrogen and oxygen atoms in total. The van der Waals surface area contributed by atoms with Crippen LogP contribution in [0.4, 0.5) is 0 Å². The monoisotopic (exact) mass is 263 g/mol. The molecule has 2 aromatic rings. The lowest BCUT2D eigenvalue weighted by atomic mass is 10.3. The number of nitrogens with zero attached hydrogens (tertiary/aromatic N) is 1. The summed E-state index contributed by atoms with van der Waals surface area (Å²) in [6.07, 6.45) is 0. The molecule has 0 saturated heterocycles. The van der Waals surface area contributed by atoms with E-state index in [1.165, 1.54) is 0 Å². The third-order valence-corrected chi connectivity index (χ3v) is 2.55. The molecule has 0 fully saturated rings. The summed E-state index contributed by atoms with van der Waals surface area (Å²) in [5.74, 6) is 2.46. The molecule has 0 amide bonds. The van der Waals surface area contributed by atoms with Crippen LogP contribution in [-0.2, 0) is 5.88 Å². The first-order chi connectivity index (χ1) is 8.81. The maximum atomic E-state index is 5.72. The number of rotatable bonds is 5. The van der Waals surface area contributed by atoms with Crippen LogP contribution in [0.15, 0.2) is 42.5 Å². The number of pyridine rings is 1. The van der Waals surface area contributed by atoms with Crippen molar-refractivity contribution in [3.05, 3.63) is 48.2 Å². The van der Waals surface area contributed by atoms with E-state index in [2.05, 4.69) is 4.98 Å². The van der Waals surface area contributed by atoms with Crippen LogP contribution in [0.2, 0.25) is 0 Å². The Kier molecular flexibility index (Phi) is 4.42. The van der Waals surface area contributed by atoms with Crippen molar-refractivity contribution in [1.82, 2.24) is 4.98 Å². The van der Waals surface area contributed by atoms with Crippen molar-refractivity contribution in [1.29, 1.82) is 0 Å². The van der Waals surface area contributed by atoms with Gasteiger partial charge in [0.05, 0.1) is 18.2 Å². The summed E-state index contributed by atoms with van der Waals surface area (Å²) >= 11 is 5.72. The van der Waals surface area contributed by atoms with Gasteiger partial charge < -0.3 is 9.47 Å². The van der Waals surface area contributed by atoms with E-state index in [0.29, 0.717) is 18.4 Å². The molecule has 0 spiro atoms. The summed E-state index contributed by atoms with van der Waals surface area (Å²) in [4.78, 5) is 4.26. The van der Waals surface area contributed by atoms with Crippen molar-refractivity contribution in [3.8, 4) is 17.4 Å².